The van der Waals surface area contributed by atoms with Gasteiger partial charge in [-0.1, -0.05) is 0 Å². The zero-order valence-electron chi connectivity index (χ0n) is 17.4. The van der Waals surface area contributed by atoms with Gasteiger partial charge in [-0.05, 0) is 50.8 Å². The first-order chi connectivity index (χ1) is 14.3. The summed E-state index contributed by atoms with van der Waals surface area (Å²) in [7, 11) is -3.05. The van der Waals surface area contributed by atoms with Crippen LogP contribution in [0.5, 0.6) is 0 Å². The monoisotopic (exact) mass is 432 g/mol. The second-order valence-electron chi connectivity index (χ2n) is 8.34. The maximum absolute atomic E-state index is 12.1. The molecule has 0 radical (unpaired) electrons. The van der Waals surface area contributed by atoms with Crippen molar-refractivity contribution < 1.29 is 8.42 Å². The van der Waals surface area contributed by atoms with Crippen LogP contribution in [0.15, 0.2) is 23.0 Å². The summed E-state index contributed by atoms with van der Waals surface area (Å²) >= 11 is 0. The normalized spacial score (nSPS) is 20.8. The maximum atomic E-state index is 12.1. The fourth-order valence-corrected chi connectivity index (χ4v) is 5.49. The molecule has 1 N–H and O–H groups in total. The summed E-state index contributed by atoms with van der Waals surface area (Å²) in [5.74, 6) is 1.57. The number of nitrogens with zero attached hydrogens (tertiary/aromatic N) is 5. The van der Waals surface area contributed by atoms with Gasteiger partial charge in [0.05, 0.1) is 23.2 Å². The van der Waals surface area contributed by atoms with Crippen LogP contribution < -0.4 is 15.8 Å². The average Bonchev–Trinajstić information content (AvgIpc) is 2.71. The molecule has 4 rings (SSSR count). The molecule has 162 valence electrons. The third kappa shape index (κ3) is 4.48. The molecule has 2 aromatic heterocycles. The number of aromatic nitrogens is 4. The molecular weight excluding hydrogens is 404 g/mol. The Hall–Kier alpha value is -2.49. The highest BCUT2D eigenvalue weighted by molar-refractivity contribution is 7.90. The van der Waals surface area contributed by atoms with Gasteiger partial charge >= 0.3 is 0 Å². The van der Waals surface area contributed by atoms with Crippen molar-refractivity contribution >= 4 is 21.5 Å². The van der Waals surface area contributed by atoms with Crippen LogP contribution in [0.2, 0.25) is 0 Å². The first-order valence-corrected chi connectivity index (χ1v) is 12.3. The van der Waals surface area contributed by atoms with E-state index < -0.39 is 9.84 Å². The van der Waals surface area contributed by atoms with Crippen molar-refractivity contribution in [1.82, 2.24) is 20.0 Å². The lowest BCUT2D eigenvalue weighted by atomic mass is 10.0. The Kier molecular flexibility index (Phi) is 5.77. The molecule has 1 atom stereocenters. The van der Waals surface area contributed by atoms with Gasteiger partial charge in [-0.3, -0.25) is 4.79 Å². The van der Waals surface area contributed by atoms with E-state index in [1.54, 1.807) is 12.1 Å². The molecule has 0 aliphatic carbocycles. The van der Waals surface area contributed by atoms with Crippen LogP contribution in [0.25, 0.3) is 0 Å². The van der Waals surface area contributed by atoms with Crippen molar-refractivity contribution in [3.05, 3.63) is 39.8 Å². The van der Waals surface area contributed by atoms with Crippen molar-refractivity contribution in [3.63, 3.8) is 0 Å². The molecule has 0 saturated carbocycles. The molecule has 30 heavy (non-hydrogen) atoms. The van der Waals surface area contributed by atoms with E-state index in [1.165, 1.54) is 4.68 Å². The van der Waals surface area contributed by atoms with E-state index in [2.05, 4.69) is 25.5 Å². The van der Waals surface area contributed by atoms with Gasteiger partial charge < -0.3 is 10.2 Å². The Morgan fingerprint density at radius 1 is 1.23 bits per heavy atom. The second kappa shape index (κ2) is 8.33. The maximum Gasteiger partial charge on any atom is 0.267 e. The predicted molar refractivity (Wildman–Crippen MR) is 116 cm³/mol. The van der Waals surface area contributed by atoms with Crippen LogP contribution in [0.1, 0.15) is 50.4 Å². The number of anilines is 2. The van der Waals surface area contributed by atoms with E-state index in [1.807, 2.05) is 19.9 Å². The number of hydrogen-bond acceptors (Lipinski definition) is 8. The molecule has 1 unspecified atom stereocenters. The molecule has 0 aromatic carbocycles. The van der Waals surface area contributed by atoms with Crippen LogP contribution in [-0.2, 0) is 22.0 Å². The number of piperidine rings is 1. The fraction of sp³-hybridized carbons (Fsp3) is 0.600. The molecule has 1 saturated heterocycles. The predicted octanol–water partition coefficient (Wildman–Crippen LogP) is 1.56. The van der Waals surface area contributed by atoms with E-state index in [9.17, 15) is 13.2 Å². The van der Waals surface area contributed by atoms with E-state index in [4.69, 9.17) is 0 Å². The van der Waals surface area contributed by atoms with Gasteiger partial charge in [0, 0.05) is 31.6 Å². The lowest BCUT2D eigenvalue weighted by Crippen LogP contribution is -2.45. The van der Waals surface area contributed by atoms with E-state index >= 15 is 0 Å². The molecule has 10 heteroatoms. The number of sulfone groups is 1. The lowest BCUT2D eigenvalue weighted by molar-refractivity contribution is 0.451. The van der Waals surface area contributed by atoms with Gasteiger partial charge in [0.2, 0.25) is 0 Å². The minimum Gasteiger partial charge on any atom is -0.367 e. The molecule has 2 aliphatic rings. The molecule has 0 bridgehead atoms. The molecular formula is C20H28N6O3S. The first kappa shape index (κ1) is 20.8. The molecule has 0 amide bonds. The third-order valence-electron chi connectivity index (χ3n) is 5.73. The zero-order chi connectivity index (χ0) is 21.3. The van der Waals surface area contributed by atoms with Crippen molar-refractivity contribution in [2.45, 2.75) is 57.4 Å². The standard InChI is InChI=1S/C20H28N6O3S/c1-14(2)26-20(27)7-6-19(24-26)25-9-4-3-5-16(25)12-21-18-11-15-13-30(28,29)10-8-17(15)22-23-18/h6-7,11,14,16H,3-5,8-10,12-13H2,1-2H3,(H,21,23). The Morgan fingerprint density at radius 3 is 2.87 bits per heavy atom. The van der Waals surface area contributed by atoms with E-state index in [0.29, 0.717) is 18.8 Å². The quantitative estimate of drug-likeness (QED) is 0.758. The molecule has 2 aliphatic heterocycles. The Morgan fingerprint density at radius 2 is 2.07 bits per heavy atom. The van der Waals surface area contributed by atoms with E-state index in [-0.39, 0.29) is 29.1 Å². The zero-order valence-corrected chi connectivity index (χ0v) is 18.2. The average molecular weight is 433 g/mol. The van der Waals surface area contributed by atoms with Crippen molar-refractivity contribution in [2.24, 2.45) is 0 Å². The van der Waals surface area contributed by atoms with Crippen molar-refractivity contribution in [2.75, 3.05) is 29.1 Å². The SMILES string of the molecule is CC(C)n1nc(N2CCCCC2CNc2cc3c(nn2)CCS(=O)(=O)C3)ccc1=O. The molecule has 0 spiro atoms. The largest absolute Gasteiger partial charge is 0.367 e. The summed E-state index contributed by atoms with van der Waals surface area (Å²) < 4.78 is 25.4. The summed E-state index contributed by atoms with van der Waals surface area (Å²) in [5.41, 5.74) is 1.42. The van der Waals surface area contributed by atoms with Gasteiger partial charge in [0.15, 0.2) is 9.84 Å². The molecule has 4 heterocycles. The van der Waals surface area contributed by atoms with Gasteiger partial charge in [-0.2, -0.15) is 10.2 Å². The van der Waals surface area contributed by atoms with Gasteiger partial charge in [0.1, 0.15) is 11.6 Å². The van der Waals surface area contributed by atoms with Crippen LogP contribution in [0.4, 0.5) is 11.6 Å². The number of hydrogen-bond donors (Lipinski definition) is 1. The fourth-order valence-electron chi connectivity index (χ4n) is 4.11. The third-order valence-corrected chi connectivity index (χ3v) is 7.30. The highest BCUT2D eigenvalue weighted by Crippen LogP contribution is 2.24. The van der Waals surface area contributed by atoms with Crippen LogP contribution >= 0.6 is 0 Å². The number of nitrogens with one attached hydrogen (secondary N) is 1. The Bertz CT molecular complexity index is 1080. The summed E-state index contributed by atoms with van der Waals surface area (Å²) in [6.07, 6.45) is 3.64. The summed E-state index contributed by atoms with van der Waals surface area (Å²) in [4.78, 5) is 14.3. The minimum atomic E-state index is -3.05. The molecule has 2 aromatic rings. The van der Waals surface area contributed by atoms with Gasteiger partial charge in [-0.15, -0.1) is 5.10 Å². The minimum absolute atomic E-state index is 0.000800. The lowest BCUT2D eigenvalue weighted by Gasteiger charge is -2.37. The number of aryl methyl sites for hydroxylation is 1. The van der Waals surface area contributed by atoms with Crippen LogP contribution in [0.3, 0.4) is 0 Å². The number of fused-ring (bicyclic) bond motifs is 1. The van der Waals surface area contributed by atoms with Crippen LogP contribution in [-0.4, -0.2) is 53.3 Å². The van der Waals surface area contributed by atoms with Crippen molar-refractivity contribution in [3.8, 4) is 0 Å². The number of rotatable bonds is 5. The topological polar surface area (TPSA) is 110 Å². The summed E-state index contributed by atoms with van der Waals surface area (Å²) in [5, 5.41) is 16.4. The van der Waals surface area contributed by atoms with Gasteiger partial charge in [0.25, 0.3) is 5.56 Å². The molecule has 9 nitrogen and oxygen atoms in total. The van der Waals surface area contributed by atoms with Gasteiger partial charge in [-0.25, -0.2) is 13.1 Å². The molecule has 1 fully saturated rings. The van der Waals surface area contributed by atoms with E-state index in [0.717, 1.165) is 42.9 Å². The first-order valence-electron chi connectivity index (χ1n) is 10.5. The van der Waals surface area contributed by atoms with Crippen molar-refractivity contribution in [1.29, 1.82) is 0 Å². The second-order valence-corrected chi connectivity index (χ2v) is 10.5. The Labute approximate surface area is 176 Å². The highest BCUT2D eigenvalue weighted by Gasteiger charge is 2.26. The Balaban J connectivity index is 1.50. The summed E-state index contributed by atoms with van der Waals surface area (Å²) in [6.45, 7) is 5.41. The smallest absolute Gasteiger partial charge is 0.267 e. The highest BCUT2D eigenvalue weighted by atomic mass is 32.2. The van der Waals surface area contributed by atoms with Crippen LogP contribution in [0, 0.1) is 0 Å². The summed E-state index contributed by atoms with van der Waals surface area (Å²) in [6, 6.07) is 5.38.